The van der Waals surface area contributed by atoms with Crippen molar-refractivity contribution in [3.8, 4) is 0 Å². The topological polar surface area (TPSA) is 20.2 Å². The number of hydrogen-bond acceptors (Lipinski definition) is 1. The van der Waals surface area contributed by atoms with Crippen LogP contribution in [0, 0.1) is 0 Å². The van der Waals surface area contributed by atoms with Crippen LogP contribution in [0.1, 0.15) is 36.1 Å². The van der Waals surface area contributed by atoms with Crippen LogP contribution in [0.25, 0.3) is 11.6 Å². The van der Waals surface area contributed by atoms with Gasteiger partial charge in [0.05, 0.1) is 0 Å². The molecule has 0 saturated heterocycles. The Morgan fingerprint density at radius 1 is 0.950 bits per heavy atom. The van der Waals surface area contributed by atoms with Crippen molar-refractivity contribution in [2.45, 2.75) is 19.4 Å². The van der Waals surface area contributed by atoms with E-state index in [2.05, 4.69) is 37.3 Å². The molecule has 0 fully saturated rings. The molecule has 1 nitrogen and oxygen atoms in total. The Morgan fingerprint density at radius 2 is 1.65 bits per heavy atom. The van der Waals surface area contributed by atoms with Gasteiger partial charge in [0.25, 0.3) is 0 Å². The second-order valence-corrected chi connectivity index (χ2v) is 5.02. The summed E-state index contributed by atoms with van der Waals surface area (Å²) in [5, 5.41) is 10.5. The zero-order valence-corrected chi connectivity index (χ0v) is 11.6. The monoisotopic (exact) mass is 262 g/mol. The minimum Gasteiger partial charge on any atom is -0.384 e. The maximum Gasteiger partial charge on any atom is 0.105 e. The van der Waals surface area contributed by atoms with Gasteiger partial charge < -0.3 is 5.11 Å². The van der Waals surface area contributed by atoms with E-state index in [0.717, 1.165) is 23.1 Å². The van der Waals surface area contributed by atoms with Gasteiger partial charge >= 0.3 is 0 Å². The van der Waals surface area contributed by atoms with Gasteiger partial charge in [0.2, 0.25) is 0 Å². The van der Waals surface area contributed by atoms with Gasteiger partial charge in [0.15, 0.2) is 0 Å². The zero-order chi connectivity index (χ0) is 13.9. The van der Waals surface area contributed by atoms with Gasteiger partial charge in [-0.25, -0.2) is 0 Å². The van der Waals surface area contributed by atoms with Crippen LogP contribution in [-0.4, -0.2) is 5.11 Å². The summed E-state index contributed by atoms with van der Waals surface area (Å²) >= 11 is 0. The lowest BCUT2D eigenvalue weighted by Gasteiger charge is -2.06. The van der Waals surface area contributed by atoms with E-state index in [1.54, 1.807) is 0 Å². The quantitative estimate of drug-likeness (QED) is 0.856. The fourth-order valence-corrected chi connectivity index (χ4v) is 2.83. The molecule has 0 radical (unpaired) electrons. The first-order valence-corrected chi connectivity index (χ1v) is 7.04. The molecule has 0 amide bonds. The van der Waals surface area contributed by atoms with Crippen LogP contribution < -0.4 is 0 Å². The average Bonchev–Trinajstić information content (AvgIpc) is 2.78. The van der Waals surface area contributed by atoms with Crippen LogP contribution in [0.5, 0.6) is 0 Å². The van der Waals surface area contributed by atoms with E-state index in [-0.39, 0.29) is 0 Å². The van der Waals surface area contributed by atoms with Gasteiger partial charge in [-0.15, -0.1) is 0 Å². The molecule has 0 spiro atoms. The molecular weight excluding hydrogens is 244 g/mol. The van der Waals surface area contributed by atoms with Gasteiger partial charge in [-0.3, -0.25) is 0 Å². The molecular formula is C19H18O. The van der Waals surface area contributed by atoms with Gasteiger partial charge in [-0.2, -0.15) is 0 Å². The minimum absolute atomic E-state index is 0.499. The molecule has 3 rings (SSSR count). The molecule has 1 unspecified atom stereocenters. The molecule has 0 aliphatic heterocycles. The molecule has 0 bridgehead atoms. The van der Waals surface area contributed by atoms with E-state index >= 15 is 0 Å². The van der Waals surface area contributed by atoms with Crippen LogP contribution >= 0.6 is 0 Å². The molecule has 0 heterocycles. The highest BCUT2D eigenvalue weighted by Crippen LogP contribution is 2.42. The predicted molar refractivity (Wildman–Crippen MR) is 84.1 cm³/mol. The number of fused-ring (bicyclic) bond motifs is 1. The van der Waals surface area contributed by atoms with Crippen molar-refractivity contribution in [3.63, 3.8) is 0 Å². The first-order chi connectivity index (χ1) is 9.81. The lowest BCUT2D eigenvalue weighted by atomic mass is 10.0. The molecule has 1 aliphatic carbocycles. The first kappa shape index (κ1) is 12.9. The maximum absolute atomic E-state index is 10.5. The Morgan fingerprint density at radius 3 is 2.40 bits per heavy atom. The van der Waals surface area contributed by atoms with Crippen LogP contribution in [0.15, 0.2) is 66.2 Å². The van der Waals surface area contributed by atoms with Crippen molar-refractivity contribution in [2.75, 3.05) is 0 Å². The van der Waals surface area contributed by atoms with Crippen LogP contribution in [-0.2, 0) is 0 Å². The normalized spacial score (nSPS) is 17.8. The fraction of sp³-hybridized carbons (Fsp3) is 0.158. The first-order valence-electron chi connectivity index (χ1n) is 7.04. The summed E-state index contributed by atoms with van der Waals surface area (Å²) in [5.74, 6) is 0. The Labute approximate surface area is 119 Å². The van der Waals surface area contributed by atoms with Crippen molar-refractivity contribution in [1.82, 2.24) is 0 Å². The molecule has 1 aliphatic rings. The number of benzene rings is 2. The summed E-state index contributed by atoms with van der Waals surface area (Å²) in [6, 6.07) is 18.3. The standard InChI is InChI=1S/C19H18O/c1-2-15-16-10-6-7-11-17(16)19(20)18(15)13-12-14-8-4-3-5-9-14/h3-13,19-20H,2H2,1H3/b13-12+. The summed E-state index contributed by atoms with van der Waals surface area (Å²) < 4.78 is 0. The SMILES string of the molecule is CCC1=C(/C=C/c2ccccc2)C(O)c2ccccc21. The van der Waals surface area contributed by atoms with E-state index in [1.807, 2.05) is 36.4 Å². The summed E-state index contributed by atoms with van der Waals surface area (Å²) in [6.07, 6.45) is 4.56. The highest BCUT2D eigenvalue weighted by Gasteiger charge is 2.26. The number of hydrogen-bond donors (Lipinski definition) is 1. The van der Waals surface area contributed by atoms with E-state index in [1.165, 1.54) is 11.1 Å². The lowest BCUT2D eigenvalue weighted by Crippen LogP contribution is -1.94. The van der Waals surface area contributed by atoms with E-state index < -0.39 is 6.10 Å². The number of allylic oxidation sites excluding steroid dienone is 1. The Bertz CT molecular complexity index is 665. The average molecular weight is 262 g/mol. The lowest BCUT2D eigenvalue weighted by molar-refractivity contribution is 0.223. The Hall–Kier alpha value is -2.12. The molecule has 100 valence electrons. The van der Waals surface area contributed by atoms with Crippen LogP contribution in [0.4, 0.5) is 0 Å². The van der Waals surface area contributed by atoms with Crippen LogP contribution in [0.2, 0.25) is 0 Å². The molecule has 1 heteroatoms. The molecule has 2 aromatic rings. The number of aliphatic hydroxyl groups is 1. The highest BCUT2D eigenvalue weighted by molar-refractivity contribution is 5.81. The van der Waals surface area contributed by atoms with Gasteiger partial charge in [0.1, 0.15) is 6.10 Å². The van der Waals surface area contributed by atoms with Gasteiger partial charge in [-0.05, 0) is 34.3 Å². The Balaban J connectivity index is 1.99. The third-order valence-corrected chi connectivity index (χ3v) is 3.83. The third kappa shape index (κ3) is 2.21. The van der Waals surface area contributed by atoms with Crippen molar-refractivity contribution in [1.29, 1.82) is 0 Å². The minimum atomic E-state index is -0.499. The van der Waals surface area contributed by atoms with Gasteiger partial charge in [-0.1, -0.05) is 73.7 Å². The predicted octanol–water partition coefficient (Wildman–Crippen LogP) is 4.61. The molecule has 0 aromatic heterocycles. The van der Waals surface area contributed by atoms with Crippen molar-refractivity contribution in [2.24, 2.45) is 0 Å². The second kappa shape index (κ2) is 5.48. The van der Waals surface area contributed by atoms with Gasteiger partial charge in [0, 0.05) is 0 Å². The van der Waals surface area contributed by atoms with E-state index in [4.69, 9.17) is 0 Å². The van der Waals surface area contributed by atoms with Crippen molar-refractivity contribution < 1.29 is 5.11 Å². The van der Waals surface area contributed by atoms with Crippen molar-refractivity contribution >= 4 is 11.6 Å². The summed E-state index contributed by atoms with van der Waals surface area (Å²) in [5.41, 5.74) is 5.64. The maximum atomic E-state index is 10.5. The molecule has 0 saturated carbocycles. The molecule has 20 heavy (non-hydrogen) atoms. The highest BCUT2D eigenvalue weighted by atomic mass is 16.3. The van der Waals surface area contributed by atoms with Crippen molar-refractivity contribution in [3.05, 3.63) is 82.9 Å². The van der Waals surface area contributed by atoms with E-state index in [9.17, 15) is 5.11 Å². The summed E-state index contributed by atoms with van der Waals surface area (Å²) in [4.78, 5) is 0. The summed E-state index contributed by atoms with van der Waals surface area (Å²) in [6.45, 7) is 2.14. The molecule has 1 atom stereocenters. The number of rotatable bonds is 3. The number of aliphatic hydroxyl groups excluding tert-OH is 1. The van der Waals surface area contributed by atoms with Crippen LogP contribution in [0.3, 0.4) is 0 Å². The fourth-order valence-electron chi connectivity index (χ4n) is 2.83. The zero-order valence-electron chi connectivity index (χ0n) is 11.6. The Kier molecular flexibility index (Phi) is 3.53. The molecule has 2 aromatic carbocycles. The summed E-state index contributed by atoms with van der Waals surface area (Å²) in [7, 11) is 0. The third-order valence-electron chi connectivity index (χ3n) is 3.83. The molecule has 1 N–H and O–H groups in total. The smallest absolute Gasteiger partial charge is 0.105 e. The largest absolute Gasteiger partial charge is 0.384 e. The second-order valence-electron chi connectivity index (χ2n) is 5.02. The van der Waals surface area contributed by atoms with E-state index in [0.29, 0.717) is 0 Å².